The van der Waals surface area contributed by atoms with Crippen molar-refractivity contribution in [2.24, 2.45) is 0 Å². The molecule has 2 heterocycles. The number of para-hydroxylation sites is 1. The molecule has 2 aromatic heterocycles. The molecule has 0 fully saturated rings. The first-order valence-electron chi connectivity index (χ1n) is 8.83. The minimum Gasteiger partial charge on any atom is -0.424 e. The smallest absolute Gasteiger partial charge is 0.226 e. The molecule has 0 aliphatic rings. The number of hydrogen-bond donors (Lipinski definition) is 0. The van der Waals surface area contributed by atoms with Gasteiger partial charge in [0.2, 0.25) is 11.8 Å². The van der Waals surface area contributed by atoms with E-state index in [2.05, 4.69) is 20.4 Å². The Labute approximate surface area is 172 Å². The molecule has 0 atom stereocenters. The average molecular weight is 412 g/mol. The summed E-state index contributed by atoms with van der Waals surface area (Å²) in [7, 11) is 0. The third kappa shape index (κ3) is 3.95. The van der Waals surface area contributed by atoms with Crippen LogP contribution in [0.25, 0.3) is 17.1 Å². The summed E-state index contributed by atoms with van der Waals surface area (Å²) in [6.07, 6.45) is 0. The fraction of sp³-hybridized carbons (Fsp3) is 0.200. The third-order valence-corrected chi connectivity index (χ3v) is 5.22. The number of hydrogen-bond acceptors (Lipinski definition) is 6. The van der Waals surface area contributed by atoms with Gasteiger partial charge in [0, 0.05) is 22.2 Å². The highest BCUT2D eigenvalue weighted by atomic mass is 35.5. The van der Waals surface area contributed by atoms with Crippen molar-refractivity contribution in [1.29, 1.82) is 0 Å². The number of aromatic nitrogens is 5. The molecule has 0 amide bonds. The molecule has 0 N–H and O–H groups in total. The van der Waals surface area contributed by atoms with Crippen LogP contribution in [0.3, 0.4) is 0 Å². The van der Waals surface area contributed by atoms with Gasteiger partial charge in [-0.05, 0) is 36.4 Å². The zero-order valence-corrected chi connectivity index (χ0v) is 17.0. The lowest BCUT2D eigenvalue weighted by atomic mass is 10.2. The number of thioether (sulfide) groups is 1. The maximum atomic E-state index is 6.03. The van der Waals surface area contributed by atoms with Crippen LogP contribution < -0.4 is 0 Å². The summed E-state index contributed by atoms with van der Waals surface area (Å²) in [6, 6.07) is 17.6. The maximum Gasteiger partial charge on any atom is 0.226 e. The molecule has 0 aliphatic heterocycles. The van der Waals surface area contributed by atoms with Crippen LogP contribution >= 0.6 is 23.4 Å². The molecule has 4 aromatic rings. The van der Waals surface area contributed by atoms with Crippen LogP contribution in [0.4, 0.5) is 0 Å². The van der Waals surface area contributed by atoms with Gasteiger partial charge in [0.25, 0.3) is 0 Å². The Morgan fingerprint density at radius 2 is 1.71 bits per heavy atom. The van der Waals surface area contributed by atoms with Crippen molar-refractivity contribution in [2.45, 2.75) is 30.7 Å². The van der Waals surface area contributed by atoms with Gasteiger partial charge in [-0.15, -0.1) is 20.4 Å². The minimum absolute atomic E-state index is 0.204. The number of rotatable bonds is 6. The zero-order valence-electron chi connectivity index (χ0n) is 15.4. The van der Waals surface area contributed by atoms with E-state index in [9.17, 15) is 0 Å². The second-order valence-corrected chi connectivity index (χ2v) is 7.84. The molecular weight excluding hydrogens is 394 g/mol. The minimum atomic E-state index is 0.204. The highest BCUT2D eigenvalue weighted by molar-refractivity contribution is 7.98. The topological polar surface area (TPSA) is 69.6 Å². The lowest BCUT2D eigenvalue weighted by Gasteiger charge is -2.10. The summed E-state index contributed by atoms with van der Waals surface area (Å²) >= 11 is 7.54. The van der Waals surface area contributed by atoms with Crippen LogP contribution in [0.5, 0.6) is 0 Å². The Balaban J connectivity index is 1.67. The van der Waals surface area contributed by atoms with Crippen LogP contribution in [-0.2, 0) is 5.75 Å². The Morgan fingerprint density at radius 1 is 0.964 bits per heavy atom. The molecule has 4 rings (SSSR count). The van der Waals surface area contributed by atoms with Crippen LogP contribution in [0.1, 0.15) is 31.5 Å². The standard InChI is InChI=1S/C20H18ClN5OS/c1-13(2)19-24-22-17(27-19)12-28-20-25-23-18(14-8-10-15(21)11-9-14)26(20)16-6-4-3-5-7-16/h3-11,13H,12H2,1-2H3. The van der Waals surface area contributed by atoms with Crippen LogP contribution in [-0.4, -0.2) is 25.0 Å². The Bertz CT molecular complexity index is 1060. The summed E-state index contributed by atoms with van der Waals surface area (Å²) in [5.41, 5.74) is 1.92. The largest absolute Gasteiger partial charge is 0.424 e. The van der Waals surface area contributed by atoms with Crippen molar-refractivity contribution in [3.8, 4) is 17.1 Å². The molecule has 6 nitrogen and oxygen atoms in total. The first-order chi connectivity index (χ1) is 13.6. The molecule has 0 bridgehead atoms. The fourth-order valence-electron chi connectivity index (χ4n) is 2.64. The number of nitrogens with zero attached hydrogens (tertiary/aromatic N) is 5. The Hall–Kier alpha value is -2.64. The van der Waals surface area contributed by atoms with E-state index < -0.39 is 0 Å². The summed E-state index contributed by atoms with van der Waals surface area (Å²) in [4.78, 5) is 0. The van der Waals surface area contributed by atoms with Crippen molar-refractivity contribution < 1.29 is 4.42 Å². The Morgan fingerprint density at radius 3 is 2.39 bits per heavy atom. The normalized spacial score (nSPS) is 11.3. The summed E-state index contributed by atoms with van der Waals surface area (Å²) in [5, 5.41) is 18.5. The highest BCUT2D eigenvalue weighted by Crippen LogP contribution is 2.30. The van der Waals surface area contributed by atoms with E-state index in [4.69, 9.17) is 16.0 Å². The number of halogens is 1. The lowest BCUT2D eigenvalue weighted by molar-refractivity contribution is 0.445. The van der Waals surface area contributed by atoms with Crippen LogP contribution in [0, 0.1) is 0 Å². The average Bonchev–Trinajstić information content (AvgIpc) is 3.35. The summed E-state index contributed by atoms with van der Waals surface area (Å²) in [6.45, 7) is 4.05. The van der Waals surface area contributed by atoms with E-state index in [1.165, 1.54) is 11.8 Å². The first kappa shape index (κ1) is 18.7. The van der Waals surface area contributed by atoms with Gasteiger partial charge in [-0.1, -0.05) is 55.4 Å². The summed E-state index contributed by atoms with van der Waals surface area (Å²) < 4.78 is 7.72. The van der Waals surface area contributed by atoms with Crippen LogP contribution in [0.15, 0.2) is 64.2 Å². The monoisotopic (exact) mass is 411 g/mol. The van der Waals surface area contributed by atoms with E-state index in [1.54, 1.807) is 0 Å². The predicted octanol–water partition coefficient (Wildman–Crippen LogP) is 5.39. The molecule has 0 saturated heterocycles. The van der Waals surface area contributed by atoms with Gasteiger partial charge < -0.3 is 4.42 Å². The van der Waals surface area contributed by atoms with Gasteiger partial charge in [-0.25, -0.2) is 0 Å². The van der Waals surface area contributed by atoms with Crippen LogP contribution in [0.2, 0.25) is 5.02 Å². The zero-order chi connectivity index (χ0) is 19.5. The second-order valence-electron chi connectivity index (χ2n) is 6.46. The van der Waals surface area contributed by atoms with Gasteiger partial charge in [0.1, 0.15) is 0 Å². The van der Waals surface area contributed by atoms with Crippen molar-refractivity contribution in [1.82, 2.24) is 25.0 Å². The SMILES string of the molecule is CC(C)c1nnc(CSc2nnc(-c3ccc(Cl)cc3)n2-c2ccccc2)o1. The van der Waals surface area contributed by atoms with Crippen molar-refractivity contribution in [3.05, 3.63) is 71.4 Å². The van der Waals surface area contributed by atoms with E-state index in [-0.39, 0.29) is 5.92 Å². The fourth-order valence-corrected chi connectivity index (χ4v) is 3.56. The Kier molecular flexibility index (Phi) is 5.45. The molecular formula is C20H18ClN5OS. The second kappa shape index (κ2) is 8.16. The first-order valence-corrected chi connectivity index (χ1v) is 10.2. The van der Waals surface area contributed by atoms with Gasteiger partial charge in [-0.3, -0.25) is 4.57 Å². The maximum absolute atomic E-state index is 6.03. The molecule has 0 saturated carbocycles. The molecule has 2 aromatic carbocycles. The molecule has 0 radical (unpaired) electrons. The molecule has 0 unspecified atom stereocenters. The molecule has 142 valence electrons. The third-order valence-electron chi connectivity index (χ3n) is 4.05. The lowest BCUT2D eigenvalue weighted by Crippen LogP contribution is -1.99. The molecule has 0 aliphatic carbocycles. The van der Waals surface area contributed by atoms with E-state index in [1.807, 2.05) is 73.0 Å². The van der Waals surface area contributed by atoms with Gasteiger partial charge in [0.15, 0.2) is 11.0 Å². The number of benzene rings is 2. The van der Waals surface area contributed by atoms with Crippen molar-refractivity contribution in [2.75, 3.05) is 0 Å². The predicted molar refractivity (Wildman–Crippen MR) is 110 cm³/mol. The van der Waals surface area contributed by atoms with Crippen molar-refractivity contribution in [3.63, 3.8) is 0 Å². The summed E-state index contributed by atoms with van der Waals surface area (Å²) in [5.74, 6) is 2.69. The molecule has 28 heavy (non-hydrogen) atoms. The highest BCUT2D eigenvalue weighted by Gasteiger charge is 2.18. The van der Waals surface area contributed by atoms with E-state index in [0.717, 1.165) is 22.2 Å². The molecule has 0 spiro atoms. The quantitative estimate of drug-likeness (QED) is 0.396. The van der Waals surface area contributed by atoms with Gasteiger partial charge in [-0.2, -0.15) is 0 Å². The van der Waals surface area contributed by atoms with E-state index >= 15 is 0 Å². The van der Waals surface area contributed by atoms with E-state index in [0.29, 0.717) is 22.6 Å². The van der Waals surface area contributed by atoms with Gasteiger partial charge in [0.05, 0.1) is 5.75 Å². The van der Waals surface area contributed by atoms with Crippen molar-refractivity contribution >= 4 is 23.4 Å². The van der Waals surface area contributed by atoms with Gasteiger partial charge >= 0.3 is 0 Å². The molecule has 8 heteroatoms.